The molecule has 1 aromatic carbocycles. The number of likely N-dealkylation sites (N-methyl/N-ethyl adjacent to an activating group) is 1. The van der Waals surface area contributed by atoms with E-state index in [0.29, 0.717) is 30.7 Å². The van der Waals surface area contributed by atoms with Gasteiger partial charge in [0.05, 0.1) is 28.6 Å². The Labute approximate surface area is 223 Å². The number of rotatable bonds is 7. The highest BCUT2D eigenvalue weighted by Gasteiger charge is 2.39. The molecule has 2 fully saturated rings. The molecule has 38 heavy (non-hydrogen) atoms. The first-order chi connectivity index (χ1) is 18.2. The summed E-state index contributed by atoms with van der Waals surface area (Å²) >= 11 is 0. The van der Waals surface area contributed by atoms with Gasteiger partial charge in [0.2, 0.25) is 0 Å². The summed E-state index contributed by atoms with van der Waals surface area (Å²) in [5, 5.41) is 11.6. The van der Waals surface area contributed by atoms with Crippen LogP contribution in [0.5, 0.6) is 0 Å². The van der Waals surface area contributed by atoms with E-state index in [1.54, 1.807) is 0 Å². The number of nitrogens with one attached hydrogen (secondary N) is 1. The minimum Gasteiger partial charge on any atom is -0.390 e. The standard InChI is InChI=1S/C29H39N7O2/c1-29(2,3)18-6-7-21-22(13-18)34-25(33-21)8-5-17-11-19(12-17)35(4)15-24-23(37)14-26(38-24)36-10-9-20-27(30)31-16-32-28(20)36/h6-7,9-10,13,16-17,19,23-24,26,37H,5,8,11-12,14-15H2,1-4H3,(H,33,34)(H2,30,31,32). The van der Waals surface area contributed by atoms with Crippen LogP contribution < -0.4 is 5.73 Å². The van der Waals surface area contributed by atoms with Gasteiger partial charge in [-0.3, -0.25) is 0 Å². The van der Waals surface area contributed by atoms with Gasteiger partial charge in [0.1, 0.15) is 29.8 Å². The molecule has 1 aliphatic heterocycles. The van der Waals surface area contributed by atoms with E-state index in [9.17, 15) is 5.11 Å². The van der Waals surface area contributed by atoms with Crippen molar-refractivity contribution in [3.05, 3.63) is 48.2 Å². The minimum absolute atomic E-state index is 0.132. The molecule has 3 atom stereocenters. The van der Waals surface area contributed by atoms with E-state index < -0.39 is 6.10 Å². The number of nitrogens with two attached hydrogens (primary N) is 1. The van der Waals surface area contributed by atoms with Crippen molar-refractivity contribution in [3.63, 3.8) is 0 Å². The molecule has 4 heterocycles. The Morgan fingerprint density at radius 2 is 2.00 bits per heavy atom. The molecule has 9 nitrogen and oxygen atoms in total. The summed E-state index contributed by atoms with van der Waals surface area (Å²) in [6, 6.07) is 9.00. The van der Waals surface area contributed by atoms with Crippen molar-refractivity contribution >= 4 is 27.9 Å². The van der Waals surface area contributed by atoms with Crippen LogP contribution in [0.1, 0.15) is 64.1 Å². The van der Waals surface area contributed by atoms with Crippen molar-refractivity contribution in [2.75, 3.05) is 19.3 Å². The van der Waals surface area contributed by atoms with E-state index in [0.717, 1.165) is 40.7 Å². The van der Waals surface area contributed by atoms with Crippen molar-refractivity contribution in [2.45, 2.75) is 82.8 Å². The second-order valence-electron chi connectivity index (χ2n) is 12.3. The van der Waals surface area contributed by atoms with Gasteiger partial charge in [-0.25, -0.2) is 15.0 Å². The lowest BCUT2D eigenvalue weighted by atomic mass is 9.76. The first kappa shape index (κ1) is 25.3. The van der Waals surface area contributed by atoms with Crippen LogP contribution >= 0.6 is 0 Å². The average Bonchev–Trinajstić information content (AvgIpc) is 3.54. The lowest BCUT2D eigenvalue weighted by molar-refractivity contribution is -0.0442. The van der Waals surface area contributed by atoms with Crippen LogP contribution in [-0.2, 0) is 16.6 Å². The number of benzene rings is 1. The van der Waals surface area contributed by atoms with Crippen LogP contribution in [0, 0.1) is 5.92 Å². The topological polar surface area (TPSA) is 118 Å². The van der Waals surface area contributed by atoms with E-state index in [4.69, 9.17) is 15.5 Å². The van der Waals surface area contributed by atoms with E-state index in [-0.39, 0.29) is 17.7 Å². The molecule has 1 aliphatic carbocycles. The zero-order chi connectivity index (χ0) is 26.6. The second-order valence-corrected chi connectivity index (χ2v) is 12.3. The molecule has 0 spiro atoms. The molecule has 202 valence electrons. The normalized spacial score (nSPS) is 26.0. The third-order valence-electron chi connectivity index (χ3n) is 8.54. The van der Waals surface area contributed by atoms with Gasteiger partial charge in [-0.1, -0.05) is 26.8 Å². The molecule has 6 rings (SSSR count). The van der Waals surface area contributed by atoms with Gasteiger partial charge in [0, 0.05) is 31.6 Å². The number of nitrogen functional groups attached to an aromatic ring is 1. The number of H-pyrrole nitrogens is 1. The van der Waals surface area contributed by atoms with Crippen molar-refractivity contribution in [1.29, 1.82) is 0 Å². The highest BCUT2D eigenvalue weighted by molar-refractivity contribution is 5.86. The molecule has 3 aromatic heterocycles. The summed E-state index contributed by atoms with van der Waals surface area (Å²) < 4.78 is 8.26. The summed E-state index contributed by atoms with van der Waals surface area (Å²) in [5.74, 6) is 2.25. The van der Waals surface area contributed by atoms with Crippen LogP contribution in [0.2, 0.25) is 0 Å². The SMILES string of the molecule is CN(CC1OC(n2ccc3c(N)ncnc32)CC1O)C1CC(CCc2nc3ccc(C(C)(C)C)cc3[nH]2)C1. The first-order valence-corrected chi connectivity index (χ1v) is 13.8. The summed E-state index contributed by atoms with van der Waals surface area (Å²) in [6.07, 6.45) is 7.40. The summed E-state index contributed by atoms with van der Waals surface area (Å²) in [7, 11) is 2.15. The van der Waals surface area contributed by atoms with Crippen LogP contribution in [0.15, 0.2) is 36.8 Å². The Hall–Kier alpha value is -3.01. The second kappa shape index (κ2) is 9.63. The van der Waals surface area contributed by atoms with Crippen LogP contribution in [-0.4, -0.2) is 66.4 Å². The monoisotopic (exact) mass is 517 g/mol. The first-order valence-electron chi connectivity index (χ1n) is 13.8. The number of aliphatic hydroxyl groups excluding tert-OH is 1. The smallest absolute Gasteiger partial charge is 0.147 e. The van der Waals surface area contributed by atoms with Crippen LogP contribution in [0.25, 0.3) is 22.1 Å². The largest absolute Gasteiger partial charge is 0.390 e. The Morgan fingerprint density at radius 1 is 1.18 bits per heavy atom. The molecule has 0 radical (unpaired) electrons. The summed E-state index contributed by atoms with van der Waals surface area (Å²) in [4.78, 5) is 19.2. The molecule has 2 aliphatic rings. The Balaban J connectivity index is 0.992. The van der Waals surface area contributed by atoms with Crippen molar-refractivity contribution in [1.82, 2.24) is 29.4 Å². The zero-order valence-electron chi connectivity index (χ0n) is 22.8. The fraction of sp³-hybridized carbons (Fsp3) is 0.552. The Morgan fingerprint density at radius 3 is 2.79 bits per heavy atom. The van der Waals surface area contributed by atoms with Gasteiger partial charge in [-0.05, 0) is 61.4 Å². The molecular formula is C29H39N7O2. The van der Waals surface area contributed by atoms with E-state index in [2.05, 4.69) is 65.9 Å². The summed E-state index contributed by atoms with van der Waals surface area (Å²) in [5.41, 5.74) is 10.4. The van der Waals surface area contributed by atoms with Crippen LogP contribution in [0.4, 0.5) is 5.82 Å². The lowest BCUT2D eigenvalue weighted by Crippen LogP contribution is -2.47. The molecule has 0 amide bonds. The van der Waals surface area contributed by atoms with Gasteiger partial charge < -0.3 is 30.0 Å². The molecule has 1 saturated carbocycles. The third kappa shape index (κ3) is 4.79. The van der Waals surface area contributed by atoms with Gasteiger partial charge in [0.25, 0.3) is 0 Å². The maximum absolute atomic E-state index is 10.8. The fourth-order valence-electron chi connectivity index (χ4n) is 5.99. The fourth-order valence-corrected chi connectivity index (χ4v) is 5.99. The van der Waals surface area contributed by atoms with Gasteiger partial charge >= 0.3 is 0 Å². The van der Waals surface area contributed by atoms with E-state index >= 15 is 0 Å². The number of imidazole rings is 1. The van der Waals surface area contributed by atoms with Crippen molar-refractivity contribution < 1.29 is 9.84 Å². The zero-order valence-corrected chi connectivity index (χ0v) is 22.8. The minimum atomic E-state index is -0.512. The highest BCUT2D eigenvalue weighted by atomic mass is 16.5. The van der Waals surface area contributed by atoms with Crippen molar-refractivity contribution in [2.24, 2.45) is 5.92 Å². The summed E-state index contributed by atoms with van der Waals surface area (Å²) in [6.45, 7) is 7.43. The van der Waals surface area contributed by atoms with E-state index in [1.807, 2.05) is 16.8 Å². The molecule has 9 heteroatoms. The lowest BCUT2D eigenvalue weighted by Gasteiger charge is -2.42. The van der Waals surface area contributed by atoms with Crippen molar-refractivity contribution in [3.8, 4) is 0 Å². The number of aromatic amines is 1. The van der Waals surface area contributed by atoms with Crippen LogP contribution in [0.3, 0.4) is 0 Å². The maximum Gasteiger partial charge on any atom is 0.147 e. The average molecular weight is 518 g/mol. The molecular weight excluding hydrogens is 478 g/mol. The molecule has 4 N–H and O–H groups in total. The number of aromatic nitrogens is 5. The number of aliphatic hydroxyl groups is 1. The molecule has 1 saturated heterocycles. The van der Waals surface area contributed by atoms with Gasteiger partial charge in [-0.15, -0.1) is 0 Å². The Bertz CT molecular complexity index is 1430. The quantitative estimate of drug-likeness (QED) is 0.337. The number of anilines is 1. The third-order valence-corrected chi connectivity index (χ3v) is 8.54. The Kier molecular flexibility index (Phi) is 6.40. The predicted molar refractivity (Wildman–Crippen MR) is 149 cm³/mol. The number of ether oxygens (including phenoxy) is 1. The number of hydrogen-bond acceptors (Lipinski definition) is 7. The number of nitrogens with zero attached hydrogens (tertiary/aromatic N) is 5. The molecule has 4 aromatic rings. The molecule has 0 bridgehead atoms. The molecule has 3 unspecified atom stereocenters. The number of fused-ring (bicyclic) bond motifs is 2. The van der Waals surface area contributed by atoms with Gasteiger partial charge in [0.15, 0.2) is 0 Å². The predicted octanol–water partition coefficient (Wildman–Crippen LogP) is 4.18. The van der Waals surface area contributed by atoms with Gasteiger partial charge in [-0.2, -0.15) is 0 Å². The maximum atomic E-state index is 10.8. The highest BCUT2D eigenvalue weighted by Crippen LogP contribution is 2.37. The number of hydrogen-bond donors (Lipinski definition) is 3. The van der Waals surface area contributed by atoms with E-state index in [1.165, 1.54) is 24.7 Å². The number of aryl methyl sites for hydroxylation is 1.